The van der Waals surface area contributed by atoms with Gasteiger partial charge in [-0.3, -0.25) is 4.79 Å². The molecule has 0 aliphatic rings. The zero-order chi connectivity index (χ0) is 23.3. The fourth-order valence-corrected chi connectivity index (χ4v) is 3.42. The van der Waals surface area contributed by atoms with Gasteiger partial charge in [0.1, 0.15) is 22.3 Å². The first-order valence-corrected chi connectivity index (χ1v) is 10.1. The van der Waals surface area contributed by atoms with Gasteiger partial charge in [0.25, 0.3) is 5.91 Å². The van der Waals surface area contributed by atoms with Crippen molar-refractivity contribution < 1.29 is 31.9 Å². The first kappa shape index (κ1) is 23.2. The van der Waals surface area contributed by atoms with Crippen LogP contribution in [0.2, 0.25) is 0 Å². The first-order valence-electron chi connectivity index (χ1n) is 9.24. The molecule has 2 N–H and O–H groups in total. The van der Waals surface area contributed by atoms with E-state index in [9.17, 15) is 27.2 Å². The molecule has 2 amide bonds. The Kier molecular flexibility index (Phi) is 7.08. The average Bonchev–Trinajstić information content (AvgIpc) is 3.24. The van der Waals surface area contributed by atoms with Crippen molar-refractivity contribution in [2.24, 2.45) is 0 Å². The van der Waals surface area contributed by atoms with Crippen molar-refractivity contribution in [2.75, 3.05) is 5.32 Å². The van der Waals surface area contributed by atoms with Crippen LogP contribution in [-0.2, 0) is 17.5 Å². The number of alkyl halides is 3. The molecule has 11 heteroatoms. The second kappa shape index (κ2) is 9.77. The van der Waals surface area contributed by atoms with Crippen LogP contribution < -0.4 is 10.6 Å². The first-order chi connectivity index (χ1) is 15.1. The molecule has 3 aromatic rings. The van der Waals surface area contributed by atoms with Gasteiger partial charge in [0.05, 0.1) is 17.8 Å². The molecule has 0 fully saturated rings. The Bertz CT molecular complexity index is 1100. The number of amides is 2. The van der Waals surface area contributed by atoms with Gasteiger partial charge in [0.15, 0.2) is 0 Å². The van der Waals surface area contributed by atoms with Crippen molar-refractivity contribution >= 4 is 29.0 Å². The number of hydrogen-bond acceptors (Lipinski definition) is 5. The lowest BCUT2D eigenvalue weighted by Gasteiger charge is -2.12. The van der Waals surface area contributed by atoms with E-state index in [4.69, 9.17) is 4.74 Å². The third-order valence-corrected chi connectivity index (χ3v) is 5.37. The summed E-state index contributed by atoms with van der Waals surface area (Å²) >= 11 is 0.948. The molecule has 1 atom stereocenters. The maximum Gasteiger partial charge on any atom is 0.419 e. The van der Waals surface area contributed by atoms with Crippen LogP contribution in [0.1, 0.15) is 38.8 Å². The van der Waals surface area contributed by atoms with Gasteiger partial charge in [-0.15, -0.1) is 11.3 Å². The summed E-state index contributed by atoms with van der Waals surface area (Å²) < 4.78 is 57.0. The molecule has 2 aromatic carbocycles. The Balaban J connectivity index is 1.58. The van der Waals surface area contributed by atoms with Gasteiger partial charge >= 0.3 is 12.3 Å². The van der Waals surface area contributed by atoms with Crippen molar-refractivity contribution in [3.05, 3.63) is 81.6 Å². The molecule has 0 aliphatic carbocycles. The van der Waals surface area contributed by atoms with Crippen LogP contribution in [0.4, 0.5) is 28.0 Å². The summed E-state index contributed by atoms with van der Waals surface area (Å²) in [6.07, 6.45) is -4.33. The van der Waals surface area contributed by atoms with E-state index in [-0.39, 0.29) is 17.2 Å². The average molecular weight is 467 g/mol. The van der Waals surface area contributed by atoms with Crippen molar-refractivity contribution in [3.8, 4) is 0 Å². The molecular formula is C21H17F4N3O3S. The van der Waals surface area contributed by atoms with Gasteiger partial charge in [-0.25, -0.2) is 14.2 Å². The summed E-state index contributed by atoms with van der Waals surface area (Å²) in [5.41, 5.74) is -0.876. The maximum atomic E-state index is 13.4. The molecule has 1 heterocycles. The number of rotatable bonds is 6. The molecule has 0 radical (unpaired) electrons. The fraction of sp³-hybridized carbons (Fsp3) is 0.190. The number of anilines is 1. The Hall–Kier alpha value is -3.47. The van der Waals surface area contributed by atoms with Crippen LogP contribution in [0, 0.1) is 5.82 Å². The van der Waals surface area contributed by atoms with Crippen LogP contribution in [0.3, 0.4) is 0 Å². The predicted molar refractivity (Wildman–Crippen MR) is 110 cm³/mol. The summed E-state index contributed by atoms with van der Waals surface area (Å²) in [7, 11) is 0. The number of nitrogens with one attached hydrogen (secondary N) is 2. The standard InChI is InChI=1S/C21H17F4N3O3S/c1-12(27-20(30)31-11-13-5-3-2-4-6-13)19-26-10-17(32-19)18(29)28-14-7-8-16(22)15(9-14)21(23,24)25/h2-10,12H,11H2,1H3,(H,27,30)(H,28,29). The van der Waals surface area contributed by atoms with E-state index in [1.807, 2.05) is 18.2 Å². The Morgan fingerprint density at radius 2 is 1.88 bits per heavy atom. The van der Waals surface area contributed by atoms with E-state index in [0.717, 1.165) is 23.0 Å². The third-order valence-electron chi connectivity index (χ3n) is 4.19. The highest BCUT2D eigenvalue weighted by molar-refractivity contribution is 7.13. The van der Waals surface area contributed by atoms with Gasteiger partial charge in [-0.1, -0.05) is 30.3 Å². The van der Waals surface area contributed by atoms with Crippen LogP contribution in [-0.4, -0.2) is 17.0 Å². The molecule has 0 bridgehead atoms. The summed E-state index contributed by atoms with van der Waals surface area (Å²) in [6, 6.07) is 10.7. The number of thiazole rings is 1. The fourth-order valence-electron chi connectivity index (χ4n) is 2.61. The number of alkyl carbamates (subject to hydrolysis) is 1. The molecule has 0 aliphatic heterocycles. The monoisotopic (exact) mass is 467 g/mol. The minimum atomic E-state index is -4.89. The molecule has 168 valence electrons. The second-order valence-electron chi connectivity index (χ2n) is 6.64. The van der Waals surface area contributed by atoms with E-state index >= 15 is 0 Å². The minimum absolute atomic E-state index is 0.0858. The van der Waals surface area contributed by atoms with Gasteiger partial charge in [-0.2, -0.15) is 13.2 Å². The topological polar surface area (TPSA) is 80.3 Å². The molecular weight excluding hydrogens is 450 g/mol. The van der Waals surface area contributed by atoms with E-state index in [1.54, 1.807) is 19.1 Å². The molecule has 0 saturated carbocycles. The minimum Gasteiger partial charge on any atom is -0.445 e. The van der Waals surface area contributed by atoms with E-state index in [2.05, 4.69) is 15.6 Å². The number of ether oxygens (including phenoxy) is 1. The SMILES string of the molecule is CC(NC(=O)OCc1ccccc1)c1ncc(C(=O)Nc2ccc(F)c(C(F)(F)F)c2)s1. The highest BCUT2D eigenvalue weighted by Gasteiger charge is 2.34. The molecule has 3 rings (SSSR count). The number of hydrogen-bond donors (Lipinski definition) is 2. The quantitative estimate of drug-likeness (QED) is 0.467. The van der Waals surface area contributed by atoms with Crippen LogP contribution in [0.5, 0.6) is 0 Å². The van der Waals surface area contributed by atoms with Gasteiger partial charge in [0, 0.05) is 5.69 Å². The number of carbonyl (C=O) groups is 2. The number of benzene rings is 2. The van der Waals surface area contributed by atoms with E-state index in [0.29, 0.717) is 17.1 Å². The molecule has 6 nitrogen and oxygen atoms in total. The molecule has 0 saturated heterocycles. The zero-order valence-corrected chi connectivity index (χ0v) is 17.4. The van der Waals surface area contributed by atoms with Gasteiger partial charge in [0.2, 0.25) is 0 Å². The Morgan fingerprint density at radius 3 is 2.56 bits per heavy atom. The summed E-state index contributed by atoms with van der Waals surface area (Å²) in [6.45, 7) is 1.72. The zero-order valence-electron chi connectivity index (χ0n) is 16.6. The predicted octanol–water partition coefficient (Wildman–Crippen LogP) is 5.54. The number of carbonyl (C=O) groups excluding carboxylic acids is 2. The largest absolute Gasteiger partial charge is 0.445 e. The normalized spacial score (nSPS) is 12.2. The van der Waals surface area contributed by atoms with Gasteiger partial charge < -0.3 is 15.4 Å². The van der Waals surface area contributed by atoms with Crippen molar-refractivity contribution in [1.29, 1.82) is 0 Å². The van der Waals surface area contributed by atoms with Crippen LogP contribution in [0.15, 0.2) is 54.7 Å². The summed E-state index contributed by atoms with van der Waals surface area (Å²) in [5.74, 6) is -2.15. The molecule has 0 spiro atoms. The van der Waals surface area contributed by atoms with E-state index in [1.165, 1.54) is 6.20 Å². The number of aromatic nitrogens is 1. The lowest BCUT2D eigenvalue weighted by atomic mass is 10.2. The number of nitrogens with zero attached hydrogens (tertiary/aromatic N) is 1. The second-order valence-corrected chi connectivity index (χ2v) is 7.70. The highest BCUT2D eigenvalue weighted by atomic mass is 32.1. The van der Waals surface area contributed by atoms with E-state index < -0.39 is 35.6 Å². The smallest absolute Gasteiger partial charge is 0.419 e. The molecule has 32 heavy (non-hydrogen) atoms. The third kappa shape index (κ3) is 6.03. The Labute approximate surface area is 184 Å². The van der Waals surface area contributed by atoms with Crippen molar-refractivity contribution in [1.82, 2.24) is 10.3 Å². The van der Waals surface area contributed by atoms with Crippen LogP contribution >= 0.6 is 11.3 Å². The maximum absolute atomic E-state index is 13.4. The highest BCUT2D eigenvalue weighted by Crippen LogP contribution is 2.33. The lowest BCUT2D eigenvalue weighted by molar-refractivity contribution is -0.139. The summed E-state index contributed by atoms with van der Waals surface area (Å²) in [5, 5.41) is 5.26. The van der Waals surface area contributed by atoms with Crippen molar-refractivity contribution in [3.63, 3.8) is 0 Å². The number of halogens is 4. The lowest BCUT2D eigenvalue weighted by Crippen LogP contribution is -2.27. The molecule has 1 aromatic heterocycles. The molecule has 1 unspecified atom stereocenters. The Morgan fingerprint density at radius 1 is 1.16 bits per heavy atom. The van der Waals surface area contributed by atoms with Crippen LogP contribution in [0.25, 0.3) is 0 Å². The van der Waals surface area contributed by atoms with Crippen molar-refractivity contribution in [2.45, 2.75) is 25.7 Å². The summed E-state index contributed by atoms with van der Waals surface area (Å²) in [4.78, 5) is 28.5. The van der Waals surface area contributed by atoms with Gasteiger partial charge in [-0.05, 0) is 30.7 Å².